The highest BCUT2D eigenvalue weighted by atomic mass is 32.2. The van der Waals surface area contributed by atoms with Crippen molar-refractivity contribution in [3.05, 3.63) is 11.8 Å². The molecule has 3 heterocycles. The summed E-state index contributed by atoms with van der Waals surface area (Å²) in [4.78, 5) is 0. The maximum absolute atomic E-state index is 11.8. The number of fused-ring (bicyclic) bond motifs is 1. The molecule has 1 aromatic heterocycles. The van der Waals surface area contributed by atoms with Crippen LogP contribution in [0.25, 0.3) is 0 Å². The fourth-order valence-electron chi connectivity index (χ4n) is 2.45. The quantitative estimate of drug-likeness (QED) is 0.777. The van der Waals surface area contributed by atoms with Crippen molar-refractivity contribution < 1.29 is 8.42 Å². The second-order valence-corrected chi connectivity index (χ2v) is 6.51. The Bertz CT molecular complexity index is 500. The molecule has 1 saturated heterocycles. The second kappa shape index (κ2) is 3.56. The molecule has 88 valence electrons. The van der Waals surface area contributed by atoms with Gasteiger partial charge in [0.2, 0.25) is 0 Å². The molecule has 2 aliphatic rings. The van der Waals surface area contributed by atoms with E-state index in [2.05, 4.69) is 10.4 Å². The molecule has 0 radical (unpaired) electrons. The molecule has 0 aromatic carbocycles. The molecular weight excluding hydrogens is 226 g/mol. The van der Waals surface area contributed by atoms with Crippen molar-refractivity contribution in [2.24, 2.45) is 0 Å². The first-order valence-corrected chi connectivity index (χ1v) is 7.36. The highest BCUT2D eigenvalue weighted by molar-refractivity contribution is 7.91. The van der Waals surface area contributed by atoms with Crippen LogP contribution in [0.1, 0.15) is 31.0 Å². The van der Waals surface area contributed by atoms with Gasteiger partial charge in [-0.05, 0) is 31.9 Å². The fourth-order valence-corrected chi connectivity index (χ4v) is 3.92. The van der Waals surface area contributed by atoms with Crippen LogP contribution in [-0.2, 0) is 16.4 Å². The Labute approximate surface area is 94.8 Å². The van der Waals surface area contributed by atoms with Crippen LogP contribution in [0, 0.1) is 0 Å². The molecule has 0 spiro atoms. The molecule has 6 heteroatoms. The van der Waals surface area contributed by atoms with E-state index in [1.54, 1.807) is 10.7 Å². The van der Waals surface area contributed by atoms with Gasteiger partial charge >= 0.3 is 0 Å². The molecule has 1 unspecified atom stereocenters. The molecule has 16 heavy (non-hydrogen) atoms. The predicted octanol–water partition coefficient (Wildman–Crippen LogP) is 0.485. The predicted molar refractivity (Wildman–Crippen MR) is 58.9 cm³/mol. The minimum atomic E-state index is -3.08. The highest BCUT2D eigenvalue weighted by Gasteiger charge is 2.28. The average Bonchev–Trinajstić information content (AvgIpc) is 2.84. The lowest BCUT2D eigenvalue weighted by Gasteiger charge is -2.12. The summed E-state index contributed by atoms with van der Waals surface area (Å²) < 4.78 is 25.3. The first-order valence-electron chi connectivity index (χ1n) is 5.71. The van der Waals surface area contributed by atoms with Gasteiger partial charge < -0.3 is 5.32 Å². The Morgan fingerprint density at radius 1 is 1.44 bits per heavy atom. The van der Waals surface area contributed by atoms with Gasteiger partial charge in [-0.3, -0.25) is 4.68 Å². The monoisotopic (exact) mass is 241 g/mol. The van der Waals surface area contributed by atoms with E-state index in [1.807, 2.05) is 0 Å². The zero-order valence-electron chi connectivity index (χ0n) is 9.02. The smallest absolute Gasteiger partial charge is 0.195 e. The van der Waals surface area contributed by atoms with Crippen molar-refractivity contribution in [3.63, 3.8) is 0 Å². The Morgan fingerprint density at radius 3 is 3.00 bits per heavy atom. The molecule has 5 nitrogen and oxygen atoms in total. The van der Waals surface area contributed by atoms with Gasteiger partial charge in [0.1, 0.15) is 0 Å². The van der Waals surface area contributed by atoms with Crippen LogP contribution >= 0.6 is 0 Å². The molecule has 2 aliphatic heterocycles. The minimum Gasteiger partial charge on any atom is -0.309 e. The van der Waals surface area contributed by atoms with Crippen LogP contribution in [-0.4, -0.2) is 30.5 Å². The third-order valence-electron chi connectivity index (χ3n) is 3.28. The molecular formula is C10H15N3O2S. The number of sulfone groups is 1. The lowest BCUT2D eigenvalue weighted by Crippen LogP contribution is -2.21. The maximum Gasteiger partial charge on any atom is 0.195 e. The first-order chi connectivity index (χ1) is 7.67. The summed E-state index contributed by atoms with van der Waals surface area (Å²) in [5, 5.41) is 8.15. The molecule has 0 saturated carbocycles. The van der Waals surface area contributed by atoms with E-state index < -0.39 is 9.84 Å². The molecule has 1 fully saturated rings. The molecule has 0 aliphatic carbocycles. The third kappa shape index (κ3) is 1.56. The van der Waals surface area contributed by atoms with Gasteiger partial charge in [0.05, 0.1) is 17.5 Å². The van der Waals surface area contributed by atoms with E-state index in [4.69, 9.17) is 0 Å². The molecule has 1 N–H and O–H groups in total. The Balaban J connectivity index is 2.02. The van der Waals surface area contributed by atoms with Crippen LogP contribution in [0.15, 0.2) is 11.1 Å². The van der Waals surface area contributed by atoms with Crippen LogP contribution < -0.4 is 5.32 Å². The number of aromatic nitrogens is 2. The zero-order chi connectivity index (χ0) is 11.2. The van der Waals surface area contributed by atoms with Crippen LogP contribution in [0.3, 0.4) is 0 Å². The van der Waals surface area contributed by atoms with Crippen LogP contribution in [0.2, 0.25) is 0 Å². The number of hydrogen-bond donors (Lipinski definition) is 1. The number of hydrogen-bond acceptors (Lipinski definition) is 4. The number of nitrogens with zero attached hydrogens (tertiary/aromatic N) is 2. The Hall–Kier alpha value is -0.880. The fraction of sp³-hybridized carbons (Fsp3) is 0.700. The van der Waals surface area contributed by atoms with E-state index >= 15 is 0 Å². The molecule has 1 aromatic rings. The van der Waals surface area contributed by atoms with Gasteiger partial charge in [0, 0.05) is 6.54 Å². The van der Waals surface area contributed by atoms with E-state index in [0.717, 1.165) is 31.6 Å². The van der Waals surface area contributed by atoms with Crippen molar-refractivity contribution in [1.82, 2.24) is 15.1 Å². The summed E-state index contributed by atoms with van der Waals surface area (Å²) in [5.74, 6) is 0.260. The lowest BCUT2D eigenvalue weighted by molar-refractivity contribution is 0.494. The third-order valence-corrected chi connectivity index (χ3v) is 5.07. The van der Waals surface area contributed by atoms with Gasteiger partial charge in [-0.25, -0.2) is 8.42 Å². The van der Waals surface area contributed by atoms with E-state index in [1.165, 1.54) is 0 Å². The van der Waals surface area contributed by atoms with Gasteiger partial charge in [-0.2, -0.15) is 5.10 Å². The number of nitrogens with one attached hydrogen (secondary N) is 1. The molecule has 1 atom stereocenters. The summed E-state index contributed by atoms with van der Waals surface area (Å²) in [5.41, 5.74) is 0.887. The van der Waals surface area contributed by atoms with Crippen molar-refractivity contribution in [2.45, 2.75) is 36.9 Å². The van der Waals surface area contributed by atoms with Crippen LogP contribution in [0.4, 0.5) is 0 Å². The van der Waals surface area contributed by atoms with Crippen LogP contribution in [0.5, 0.6) is 0 Å². The second-order valence-electron chi connectivity index (χ2n) is 4.45. The summed E-state index contributed by atoms with van der Waals surface area (Å²) in [6, 6.07) is 1.99. The van der Waals surface area contributed by atoms with Crippen molar-refractivity contribution in [3.8, 4) is 0 Å². The normalized spacial score (nSPS) is 27.9. The van der Waals surface area contributed by atoms with Crippen molar-refractivity contribution >= 4 is 9.84 Å². The van der Waals surface area contributed by atoms with Gasteiger partial charge in [-0.15, -0.1) is 0 Å². The summed E-state index contributed by atoms with van der Waals surface area (Å²) in [7, 11) is -3.08. The lowest BCUT2D eigenvalue weighted by atomic mass is 10.2. The average molecular weight is 241 g/mol. The molecule has 3 rings (SSSR count). The largest absolute Gasteiger partial charge is 0.309 e. The van der Waals surface area contributed by atoms with Gasteiger partial charge in [-0.1, -0.05) is 0 Å². The Morgan fingerprint density at radius 2 is 2.31 bits per heavy atom. The van der Waals surface area contributed by atoms with Crippen molar-refractivity contribution in [1.29, 1.82) is 0 Å². The van der Waals surface area contributed by atoms with Gasteiger partial charge in [0.25, 0.3) is 0 Å². The molecule has 0 amide bonds. The summed E-state index contributed by atoms with van der Waals surface area (Å²) in [6.45, 7) is 1.72. The van der Waals surface area contributed by atoms with E-state index in [9.17, 15) is 8.42 Å². The SMILES string of the molecule is O=S1(=O)CCCn2nc(C3CCCN3)cc21. The minimum absolute atomic E-state index is 0.244. The maximum atomic E-state index is 11.8. The molecule has 0 bridgehead atoms. The standard InChI is InChI=1S/C10H15N3O2S/c14-16(15)6-2-5-13-10(16)7-9(12-13)8-3-1-4-11-8/h7-8,11H,1-6H2. The van der Waals surface area contributed by atoms with E-state index in [-0.39, 0.29) is 11.8 Å². The number of rotatable bonds is 1. The number of aryl methyl sites for hydroxylation is 1. The summed E-state index contributed by atoms with van der Waals surface area (Å²) in [6.07, 6.45) is 2.87. The zero-order valence-corrected chi connectivity index (χ0v) is 9.83. The first kappa shape index (κ1) is 10.3. The highest BCUT2D eigenvalue weighted by Crippen LogP contribution is 2.26. The summed E-state index contributed by atoms with van der Waals surface area (Å²) >= 11 is 0. The topological polar surface area (TPSA) is 64.0 Å². The van der Waals surface area contributed by atoms with Gasteiger partial charge in [0.15, 0.2) is 14.9 Å². The van der Waals surface area contributed by atoms with E-state index in [0.29, 0.717) is 11.4 Å². The Kier molecular flexibility index (Phi) is 2.29. The van der Waals surface area contributed by atoms with Crippen molar-refractivity contribution in [2.75, 3.05) is 12.3 Å².